The van der Waals surface area contributed by atoms with E-state index in [1.54, 1.807) is 11.9 Å². The largest absolute Gasteiger partial charge is 0.444 e. The first-order chi connectivity index (χ1) is 13.1. The van der Waals surface area contributed by atoms with E-state index in [1.807, 2.05) is 49.9 Å². The number of nitrogens with zero attached hydrogens (tertiary/aromatic N) is 2. The predicted molar refractivity (Wildman–Crippen MR) is 113 cm³/mol. The molecule has 0 aliphatic carbocycles. The number of amides is 2. The number of hydrogen-bond donors (Lipinski definition) is 1. The maximum Gasteiger partial charge on any atom is 0.410 e. The summed E-state index contributed by atoms with van der Waals surface area (Å²) < 4.78 is 6.40. The summed E-state index contributed by atoms with van der Waals surface area (Å²) >= 11 is 3.46. The van der Waals surface area contributed by atoms with Crippen LogP contribution in [0.1, 0.15) is 44.1 Å². The third-order valence-electron chi connectivity index (χ3n) is 4.86. The standard InChI is InChI=1S/C21H28BrN3O3/c1-21(2,3)28-20(27)24(4)12-14-6-5-9-25(13-14)19(26)18-10-15-7-8-16(22)11-17(15)23-18/h7-8,10-11,14,23H,5-6,9,12-13H2,1-4H3. The number of piperidine rings is 1. The Morgan fingerprint density at radius 3 is 2.79 bits per heavy atom. The van der Waals surface area contributed by atoms with Gasteiger partial charge in [0, 0.05) is 42.1 Å². The minimum atomic E-state index is -0.509. The van der Waals surface area contributed by atoms with E-state index >= 15 is 0 Å². The number of H-pyrrole nitrogens is 1. The Balaban J connectivity index is 1.63. The van der Waals surface area contributed by atoms with Gasteiger partial charge in [-0.15, -0.1) is 0 Å². The minimum Gasteiger partial charge on any atom is -0.444 e. The average Bonchev–Trinajstić information content (AvgIpc) is 3.03. The van der Waals surface area contributed by atoms with Gasteiger partial charge in [0.25, 0.3) is 5.91 Å². The van der Waals surface area contributed by atoms with Crippen molar-refractivity contribution in [3.8, 4) is 0 Å². The van der Waals surface area contributed by atoms with Crippen LogP contribution in [-0.4, -0.2) is 59.1 Å². The van der Waals surface area contributed by atoms with E-state index in [9.17, 15) is 9.59 Å². The summed E-state index contributed by atoms with van der Waals surface area (Å²) in [5.41, 5.74) is 1.04. The number of fused-ring (bicyclic) bond motifs is 1. The second-order valence-corrected chi connectivity index (χ2v) is 9.45. The van der Waals surface area contributed by atoms with Crippen LogP contribution in [0.3, 0.4) is 0 Å². The number of carbonyl (C=O) groups is 2. The van der Waals surface area contributed by atoms with Gasteiger partial charge in [-0.1, -0.05) is 22.0 Å². The summed E-state index contributed by atoms with van der Waals surface area (Å²) in [6, 6.07) is 7.83. The molecular formula is C21H28BrN3O3. The maximum atomic E-state index is 13.0. The van der Waals surface area contributed by atoms with Crippen LogP contribution in [-0.2, 0) is 4.74 Å². The Bertz CT molecular complexity index is 871. The van der Waals surface area contributed by atoms with Gasteiger partial charge >= 0.3 is 6.09 Å². The number of nitrogens with one attached hydrogen (secondary N) is 1. The number of carbonyl (C=O) groups excluding carboxylic acids is 2. The molecule has 1 N–H and O–H groups in total. The summed E-state index contributed by atoms with van der Waals surface area (Å²) in [6.45, 7) is 7.55. The number of rotatable bonds is 3. The van der Waals surface area contributed by atoms with Crippen LogP contribution in [0.5, 0.6) is 0 Å². The zero-order valence-corrected chi connectivity index (χ0v) is 18.5. The molecule has 6 nitrogen and oxygen atoms in total. The smallest absolute Gasteiger partial charge is 0.410 e. The molecular weight excluding hydrogens is 422 g/mol. The fraction of sp³-hybridized carbons (Fsp3) is 0.524. The van der Waals surface area contributed by atoms with Crippen LogP contribution in [0.15, 0.2) is 28.7 Å². The maximum absolute atomic E-state index is 13.0. The van der Waals surface area contributed by atoms with E-state index in [4.69, 9.17) is 4.74 Å². The van der Waals surface area contributed by atoms with Gasteiger partial charge in [-0.2, -0.15) is 0 Å². The number of benzene rings is 1. The average molecular weight is 450 g/mol. The van der Waals surface area contributed by atoms with E-state index < -0.39 is 5.60 Å². The van der Waals surface area contributed by atoms with Gasteiger partial charge in [0.2, 0.25) is 0 Å². The number of likely N-dealkylation sites (tertiary alicyclic amines) is 1. The molecule has 1 aromatic heterocycles. The summed E-state index contributed by atoms with van der Waals surface area (Å²) in [4.78, 5) is 31.9. The van der Waals surface area contributed by atoms with Crippen LogP contribution in [0.2, 0.25) is 0 Å². The van der Waals surface area contributed by atoms with Crippen molar-refractivity contribution in [3.63, 3.8) is 0 Å². The molecule has 2 amide bonds. The van der Waals surface area contributed by atoms with Crippen LogP contribution in [0.25, 0.3) is 10.9 Å². The van der Waals surface area contributed by atoms with Crippen molar-refractivity contribution in [1.29, 1.82) is 0 Å². The van der Waals surface area contributed by atoms with Gasteiger partial charge in [-0.25, -0.2) is 4.79 Å². The molecule has 2 aromatic rings. The predicted octanol–water partition coefficient (Wildman–Crippen LogP) is 4.65. The molecule has 0 radical (unpaired) electrons. The molecule has 7 heteroatoms. The van der Waals surface area contributed by atoms with Crippen LogP contribution >= 0.6 is 15.9 Å². The second-order valence-electron chi connectivity index (χ2n) is 8.53. The Hall–Kier alpha value is -2.02. The molecule has 1 aliphatic rings. The van der Waals surface area contributed by atoms with E-state index in [-0.39, 0.29) is 17.9 Å². The molecule has 0 saturated carbocycles. The highest BCUT2D eigenvalue weighted by molar-refractivity contribution is 9.10. The molecule has 1 saturated heterocycles. The molecule has 1 unspecified atom stereocenters. The zero-order valence-electron chi connectivity index (χ0n) is 16.9. The highest BCUT2D eigenvalue weighted by Crippen LogP contribution is 2.24. The number of aromatic amines is 1. The van der Waals surface area contributed by atoms with Crippen molar-refractivity contribution < 1.29 is 14.3 Å². The fourth-order valence-electron chi connectivity index (χ4n) is 3.59. The normalized spacial score (nSPS) is 17.6. The van der Waals surface area contributed by atoms with E-state index in [2.05, 4.69) is 20.9 Å². The summed E-state index contributed by atoms with van der Waals surface area (Å²) in [5, 5.41) is 1.02. The highest BCUT2D eigenvalue weighted by atomic mass is 79.9. The van der Waals surface area contributed by atoms with Gasteiger partial charge in [0.05, 0.1) is 0 Å². The first-order valence-corrected chi connectivity index (χ1v) is 10.4. The molecule has 1 aliphatic heterocycles. The van der Waals surface area contributed by atoms with Crippen molar-refractivity contribution in [1.82, 2.24) is 14.8 Å². The number of hydrogen-bond acceptors (Lipinski definition) is 3. The molecule has 152 valence electrons. The van der Waals surface area contributed by atoms with E-state index in [0.29, 0.717) is 18.8 Å². The number of ether oxygens (including phenoxy) is 1. The summed E-state index contributed by atoms with van der Waals surface area (Å²) in [5.74, 6) is 0.255. The molecule has 28 heavy (non-hydrogen) atoms. The lowest BCUT2D eigenvalue weighted by atomic mass is 9.97. The van der Waals surface area contributed by atoms with Crippen LogP contribution in [0, 0.1) is 5.92 Å². The monoisotopic (exact) mass is 449 g/mol. The quantitative estimate of drug-likeness (QED) is 0.741. The van der Waals surface area contributed by atoms with Crippen molar-refractivity contribution in [2.24, 2.45) is 5.92 Å². The lowest BCUT2D eigenvalue weighted by molar-refractivity contribution is 0.0244. The Morgan fingerprint density at radius 1 is 1.32 bits per heavy atom. The first kappa shape index (κ1) is 20.7. The van der Waals surface area contributed by atoms with Gasteiger partial charge < -0.3 is 19.5 Å². The fourth-order valence-corrected chi connectivity index (χ4v) is 3.95. The number of aromatic nitrogens is 1. The molecule has 0 spiro atoms. The van der Waals surface area contributed by atoms with Gasteiger partial charge in [0.15, 0.2) is 0 Å². The van der Waals surface area contributed by atoms with Gasteiger partial charge in [-0.05, 0) is 57.7 Å². The zero-order chi connectivity index (χ0) is 20.5. The summed E-state index contributed by atoms with van der Waals surface area (Å²) in [6.07, 6.45) is 1.61. The number of halogens is 1. The van der Waals surface area contributed by atoms with E-state index in [0.717, 1.165) is 34.8 Å². The molecule has 1 atom stereocenters. The lowest BCUT2D eigenvalue weighted by Crippen LogP contribution is -2.45. The summed E-state index contributed by atoms with van der Waals surface area (Å²) in [7, 11) is 1.75. The molecule has 3 rings (SSSR count). The second kappa shape index (κ2) is 8.15. The molecule has 1 aromatic carbocycles. The van der Waals surface area contributed by atoms with Gasteiger partial charge in [0.1, 0.15) is 11.3 Å². The van der Waals surface area contributed by atoms with Crippen molar-refractivity contribution >= 4 is 38.8 Å². The van der Waals surface area contributed by atoms with Crippen molar-refractivity contribution in [2.75, 3.05) is 26.7 Å². The molecule has 0 bridgehead atoms. The van der Waals surface area contributed by atoms with Gasteiger partial charge in [-0.3, -0.25) is 4.79 Å². The third kappa shape index (κ3) is 5.07. The third-order valence-corrected chi connectivity index (χ3v) is 5.35. The Kier molecular flexibility index (Phi) is 6.03. The first-order valence-electron chi connectivity index (χ1n) is 9.64. The van der Waals surface area contributed by atoms with Crippen molar-refractivity contribution in [2.45, 2.75) is 39.2 Å². The minimum absolute atomic E-state index is 0.0111. The molecule has 1 fully saturated rings. The van der Waals surface area contributed by atoms with Crippen molar-refractivity contribution in [3.05, 3.63) is 34.4 Å². The highest BCUT2D eigenvalue weighted by Gasteiger charge is 2.28. The SMILES string of the molecule is CN(CC1CCCN(C(=O)c2cc3ccc(Br)cc3[nH]2)C1)C(=O)OC(C)(C)C. The van der Waals surface area contributed by atoms with Crippen LogP contribution < -0.4 is 0 Å². The van der Waals surface area contributed by atoms with Crippen LogP contribution in [0.4, 0.5) is 4.79 Å². The topological polar surface area (TPSA) is 65.6 Å². The van der Waals surface area contributed by atoms with E-state index in [1.165, 1.54) is 0 Å². The Morgan fingerprint density at radius 2 is 2.07 bits per heavy atom. The lowest BCUT2D eigenvalue weighted by Gasteiger charge is -2.35. The molecule has 2 heterocycles. The Labute approximate surface area is 174 Å².